The van der Waals surface area contributed by atoms with Crippen LogP contribution in [-0.2, 0) is 6.54 Å². The molecule has 2 aromatic rings. The Hall–Kier alpha value is -1.80. The largest absolute Gasteiger partial charge is 0.341 e. The lowest BCUT2D eigenvalue weighted by atomic mass is 10.1. The molecule has 0 heterocycles. The van der Waals surface area contributed by atoms with Crippen molar-refractivity contribution in [3.05, 3.63) is 60.2 Å². The zero-order chi connectivity index (χ0) is 14.9. The molecule has 0 saturated heterocycles. The van der Waals surface area contributed by atoms with Crippen molar-refractivity contribution in [1.29, 1.82) is 0 Å². The first-order chi connectivity index (χ1) is 10.3. The second kappa shape index (κ2) is 8.48. The van der Waals surface area contributed by atoms with Gasteiger partial charge in [0.2, 0.25) is 0 Å². The third-order valence-electron chi connectivity index (χ3n) is 3.63. The number of anilines is 2. The van der Waals surface area contributed by atoms with Crippen LogP contribution in [0.5, 0.6) is 0 Å². The Morgan fingerprint density at radius 1 is 0.857 bits per heavy atom. The maximum absolute atomic E-state index is 3.37. The lowest BCUT2D eigenvalue weighted by molar-refractivity contribution is 0.726. The van der Waals surface area contributed by atoms with Crippen LogP contribution in [0.25, 0.3) is 0 Å². The molecule has 0 atom stereocenters. The molecule has 0 aliphatic rings. The molecule has 2 heteroatoms. The maximum atomic E-state index is 3.37. The Labute approximate surface area is 128 Å². The minimum absolute atomic E-state index is 0.942. The van der Waals surface area contributed by atoms with Gasteiger partial charge in [0, 0.05) is 24.5 Å². The van der Waals surface area contributed by atoms with Gasteiger partial charge >= 0.3 is 0 Å². The number of nitrogens with one attached hydrogen (secondary N) is 1. The minimum atomic E-state index is 0.942. The van der Waals surface area contributed by atoms with Crippen molar-refractivity contribution in [2.24, 2.45) is 0 Å². The predicted octanol–water partition coefficient (Wildman–Crippen LogP) is 4.73. The molecule has 0 amide bonds. The molecule has 0 fully saturated rings. The number of unbranched alkanes of at least 4 members (excludes halogenated alkanes) is 1. The number of benzene rings is 2. The van der Waals surface area contributed by atoms with E-state index in [9.17, 15) is 0 Å². The highest BCUT2D eigenvalue weighted by Crippen LogP contribution is 2.25. The highest BCUT2D eigenvalue weighted by Gasteiger charge is 2.08. The van der Waals surface area contributed by atoms with Crippen LogP contribution >= 0.6 is 0 Å². The number of rotatable bonds is 8. The van der Waals surface area contributed by atoms with Crippen LogP contribution in [-0.4, -0.2) is 13.1 Å². The molecule has 2 aromatic carbocycles. The quantitative estimate of drug-likeness (QED) is 0.752. The Kier molecular flexibility index (Phi) is 6.29. The number of nitrogens with zero attached hydrogens (tertiary/aromatic N) is 1. The van der Waals surface area contributed by atoms with Gasteiger partial charge in [-0.3, -0.25) is 0 Å². The predicted molar refractivity (Wildman–Crippen MR) is 92.2 cm³/mol. The van der Waals surface area contributed by atoms with E-state index in [0.29, 0.717) is 0 Å². The zero-order valence-corrected chi connectivity index (χ0v) is 13.2. The fourth-order valence-electron chi connectivity index (χ4n) is 2.39. The molecule has 0 spiro atoms. The summed E-state index contributed by atoms with van der Waals surface area (Å²) in [5.74, 6) is 0. The minimum Gasteiger partial charge on any atom is -0.341 e. The van der Waals surface area contributed by atoms with Gasteiger partial charge < -0.3 is 10.2 Å². The summed E-state index contributed by atoms with van der Waals surface area (Å²) in [5.41, 5.74) is 3.88. The standard InChI is InChI=1S/C19H26N2/c1-3-5-15-21(18-9-7-6-8-10-18)19-13-11-17(12-14-19)16-20-4-2/h6-14,20H,3-5,15-16H2,1-2H3. The van der Waals surface area contributed by atoms with Gasteiger partial charge in [-0.15, -0.1) is 0 Å². The third kappa shape index (κ3) is 4.61. The molecule has 2 nitrogen and oxygen atoms in total. The Bertz CT molecular complexity index is 505. The summed E-state index contributed by atoms with van der Waals surface area (Å²) < 4.78 is 0. The van der Waals surface area contributed by atoms with Gasteiger partial charge in [-0.25, -0.2) is 0 Å². The summed E-state index contributed by atoms with van der Waals surface area (Å²) in [7, 11) is 0. The highest BCUT2D eigenvalue weighted by molar-refractivity contribution is 5.63. The molecule has 21 heavy (non-hydrogen) atoms. The Morgan fingerprint density at radius 3 is 2.14 bits per heavy atom. The first-order valence-corrected chi connectivity index (χ1v) is 7.97. The van der Waals surface area contributed by atoms with Gasteiger partial charge in [0.1, 0.15) is 0 Å². The molecular weight excluding hydrogens is 256 g/mol. The summed E-state index contributed by atoms with van der Waals surface area (Å²) in [5, 5.41) is 3.37. The second-order valence-corrected chi connectivity index (χ2v) is 5.29. The molecule has 0 saturated carbocycles. The Balaban J connectivity index is 2.16. The van der Waals surface area contributed by atoms with Crippen LogP contribution in [0.1, 0.15) is 32.3 Å². The average Bonchev–Trinajstić information content (AvgIpc) is 2.55. The van der Waals surface area contributed by atoms with E-state index in [1.807, 2.05) is 0 Å². The number of para-hydroxylation sites is 1. The topological polar surface area (TPSA) is 15.3 Å². The van der Waals surface area contributed by atoms with Crippen molar-refractivity contribution in [2.75, 3.05) is 18.0 Å². The summed E-state index contributed by atoms with van der Waals surface area (Å²) in [6.45, 7) is 7.39. The van der Waals surface area contributed by atoms with Crippen LogP contribution in [0.4, 0.5) is 11.4 Å². The molecule has 112 valence electrons. The first kappa shape index (κ1) is 15.6. The van der Waals surface area contributed by atoms with Crippen LogP contribution < -0.4 is 10.2 Å². The maximum Gasteiger partial charge on any atom is 0.0410 e. The van der Waals surface area contributed by atoms with Crippen LogP contribution in [0.2, 0.25) is 0 Å². The molecule has 0 unspecified atom stereocenters. The average molecular weight is 282 g/mol. The number of hydrogen-bond donors (Lipinski definition) is 1. The van der Waals surface area contributed by atoms with E-state index in [2.05, 4.69) is 78.7 Å². The van der Waals surface area contributed by atoms with Gasteiger partial charge in [-0.2, -0.15) is 0 Å². The summed E-state index contributed by atoms with van der Waals surface area (Å²) in [6, 6.07) is 19.6. The third-order valence-corrected chi connectivity index (χ3v) is 3.63. The van der Waals surface area contributed by atoms with Crippen molar-refractivity contribution in [1.82, 2.24) is 5.32 Å². The zero-order valence-electron chi connectivity index (χ0n) is 13.2. The molecular formula is C19H26N2. The fraction of sp³-hybridized carbons (Fsp3) is 0.368. The van der Waals surface area contributed by atoms with Crippen LogP contribution in [0.15, 0.2) is 54.6 Å². The smallest absolute Gasteiger partial charge is 0.0410 e. The van der Waals surface area contributed by atoms with Gasteiger partial charge in [0.05, 0.1) is 0 Å². The highest BCUT2D eigenvalue weighted by atomic mass is 15.1. The van der Waals surface area contributed by atoms with Crippen molar-refractivity contribution in [2.45, 2.75) is 33.2 Å². The van der Waals surface area contributed by atoms with Gasteiger partial charge in [-0.1, -0.05) is 50.6 Å². The summed E-state index contributed by atoms with van der Waals surface area (Å²) >= 11 is 0. The molecule has 0 aromatic heterocycles. The fourth-order valence-corrected chi connectivity index (χ4v) is 2.39. The normalized spacial score (nSPS) is 10.6. The van der Waals surface area contributed by atoms with Crippen LogP contribution in [0, 0.1) is 0 Å². The van der Waals surface area contributed by atoms with Crippen molar-refractivity contribution in [3.63, 3.8) is 0 Å². The SMILES string of the molecule is CCCCN(c1ccccc1)c1ccc(CNCC)cc1. The van der Waals surface area contributed by atoms with Crippen molar-refractivity contribution < 1.29 is 0 Å². The molecule has 0 aliphatic heterocycles. The van der Waals surface area contributed by atoms with Gasteiger partial charge in [0.15, 0.2) is 0 Å². The monoisotopic (exact) mass is 282 g/mol. The molecule has 2 rings (SSSR count). The molecule has 1 N–H and O–H groups in total. The Morgan fingerprint density at radius 2 is 1.52 bits per heavy atom. The van der Waals surface area contributed by atoms with Gasteiger partial charge in [-0.05, 0) is 42.8 Å². The molecule has 0 radical (unpaired) electrons. The van der Waals surface area contributed by atoms with E-state index in [1.165, 1.54) is 29.8 Å². The van der Waals surface area contributed by atoms with Gasteiger partial charge in [0.25, 0.3) is 0 Å². The van der Waals surface area contributed by atoms with E-state index in [-0.39, 0.29) is 0 Å². The van der Waals surface area contributed by atoms with E-state index >= 15 is 0 Å². The summed E-state index contributed by atoms with van der Waals surface area (Å²) in [6.07, 6.45) is 2.41. The van der Waals surface area contributed by atoms with E-state index in [1.54, 1.807) is 0 Å². The second-order valence-electron chi connectivity index (χ2n) is 5.29. The lowest BCUT2D eigenvalue weighted by Gasteiger charge is -2.25. The van der Waals surface area contributed by atoms with E-state index in [4.69, 9.17) is 0 Å². The molecule has 0 bridgehead atoms. The number of hydrogen-bond acceptors (Lipinski definition) is 2. The van der Waals surface area contributed by atoms with E-state index in [0.717, 1.165) is 19.6 Å². The van der Waals surface area contributed by atoms with Crippen molar-refractivity contribution >= 4 is 11.4 Å². The first-order valence-electron chi connectivity index (χ1n) is 7.97. The van der Waals surface area contributed by atoms with E-state index < -0.39 is 0 Å². The molecule has 0 aliphatic carbocycles. The summed E-state index contributed by atoms with van der Waals surface area (Å²) in [4.78, 5) is 2.40. The van der Waals surface area contributed by atoms with Crippen LogP contribution in [0.3, 0.4) is 0 Å². The van der Waals surface area contributed by atoms with Crippen molar-refractivity contribution in [3.8, 4) is 0 Å². The lowest BCUT2D eigenvalue weighted by Crippen LogP contribution is -2.18.